The molecule has 0 spiro atoms. The van der Waals surface area contributed by atoms with Crippen molar-refractivity contribution in [2.24, 2.45) is 0 Å². The van der Waals surface area contributed by atoms with Crippen LogP contribution in [0, 0.1) is 0 Å². The molecule has 0 radical (unpaired) electrons. The molecule has 198 valence electrons. The van der Waals surface area contributed by atoms with Gasteiger partial charge in [-0.2, -0.15) is 13.2 Å². The Hall–Kier alpha value is -4.51. The first-order chi connectivity index (χ1) is 18.8. The Bertz CT molecular complexity index is 1760. The summed E-state index contributed by atoms with van der Waals surface area (Å²) in [6.07, 6.45) is -2.61. The van der Waals surface area contributed by atoms with Crippen LogP contribution in [0.15, 0.2) is 77.3 Å². The molecular formula is C28H20F3N3O4S. The molecule has 0 aliphatic heterocycles. The molecule has 0 aliphatic carbocycles. The van der Waals surface area contributed by atoms with Crippen molar-refractivity contribution in [3.63, 3.8) is 0 Å². The fourth-order valence-electron chi connectivity index (χ4n) is 4.18. The number of benzene rings is 3. The highest BCUT2D eigenvalue weighted by Crippen LogP contribution is 2.38. The molecule has 6 aromatic rings. The van der Waals surface area contributed by atoms with Crippen molar-refractivity contribution in [3.8, 4) is 39.3 Å². The van der Waals surface area contributed by atoms with Crippen molar-refractivity contribution < 1.29 is 31.8 Å². The zero-order chi connectivity index (χ0) is 27.1. The van der Waals surface area contributed by atoms with Crippen LogP contribution in [0.5, 0.6) is 16.7 Å². The van der Waals surface area contributed by atoms with Crippen LogP contribution in [0.3, 0.4) is 0 Å². The summed E-state index contributed by atoms with van der Waals surface area (Å²) >= 11 is 1.32. The second kappa shape index (κ2) is 9.66. The third kappa shape index (κ3) is 4.88. The highest BCUT2D eigenvalue weighted by atomic mass is 32.1. The molecule has 0 aliphatic rings. The van der Waals surface area contributed by atoms with E-state index >= 15 is 0 Å². The van der Waals surface area contributed by atoms with Crippen LogP contribution in [0.1, 0.15) is 11.1 Å². The van der Waals surface area contributed by atoms with E-state index in [1.165, 1.54) is 23.5 Å². The van der Waals surface area contributed by atoms with Crippen molar-refractivity contribution in [1.82, 2.24) is 14.6 Å². The highest BCUT2D eigenvalue weighted by Gasteiger charge is 2.30. The van der Waals surface area contributed by atoms with Gasteiger partial charge in [-0.05, 0) is 52.3 Å². The second-order valence-corrected chi connectivity index (χ2v) is 9.56. The van der Waals surface area contributed by atoms with Crippen molar-refractivity contribution in [3.05, 3.63) is 84.1 Å². The number of ether oxygens (including phenoxy) is 3. The summed E-state index contributed by atoms with van der Waals surface area (Å²) in [7, 11) is 3.11. The molecule has 0 amide bonds. The lowest BCUT2D eigenvalue weighted by Gasteiger charge is -2.11. The first kappa shape index (κ1) is 24.8. The van der Waals surface area contributed by atoms with Gasteiger partial charge in [-0.1, -0.05) is 30.3 Å². The molecule has 7 nitrogen and oxygen atoms in total. The van der Waals surface area contributed by atoms with Gasteiger partial charge >= 0.3 is 6.18 Å². The molecule has 6 rings (SSSR count). The molecule has 0 unspecified atom stereocenters. The van der Waals surface area contributed by atoms with E-state index in [0.29, 0.717) is 44.3 Å². The Kier molecular flexibility index (Phi) is 6.15. The van der Waals surface area contributed by atoms with E-state index in [9.17, 15) is 13.2 Å². The summed E-state index contributed by atoms with van der Waals surface area (Å²) in [5.41, 5.74) is 2.82. The van der Waals surface area contributed by atoms with E-state index < -0.39 is 11.7 Å². The normalized spacial score (nSPS) is 11.8. The molecule has 3 aromatic carbocycles. The summed E-state index contributed by atoms with van der Waals surface area (Å²) in [6, 6.07) is 18.0. The maximum atomic E-state index is 12.9. The van der Waals surface area contributed by atoms with E-state index in [4.69, 9.17) is 18.6 Å². The SMILES string of the molecule is COc1cc(OCc2cccc(-c3ccc(C(F)(F)F)cc3)c2)c2cc(-c3cn4nc(OC)sc4n3)oc2c1. The minimum atomic E-state index is -4.37. The number of aromatic nitrogens is 3. The van der Waals surface area contributed by atoms with Crippen LogP contribution in [0.2, 0.25) is 0 Å². The number of methoxy groups -OCH3 is 2. The van der Waals surface area contributed by atoms with E-state index in [1.54, 1.807) is 37.1 Å². The van der Waals surface area contributed by atoms with Gasteiger partial charge in [0.1, 0.15) is 29.4 Å². The van der Waals surface area contributed by atoms with Gasteiger partial charge in [0.25, 0.3) is 5.19 Å². The maximum absolute atomic E-state index is 12.9. The van der Waals surface area contributed by atoms with Crippen LogP contribution in [-0.2, 0) is 12.8 Å². The predicted molar refractivity (Wildman–Crippen MR) is 140 cm³/mol. The molecule has 0 fully saturated rings. The van der Waals surface area contributed by atoms with E-state index in [-0.39, 0.29) is 6.61 Å². The maximum Gasteiger partial charge on any atom is 0.416 e. The summed E-state index contributed by atoms with van der Waals surface area (Å²) in [6.45, 7) is 0.223. The van der Waals surface area contributed by atoms with Crippen molar-refractivity contribution in [2.45, 2.75) is 12.8 Å². The minimum Gasteiger partial charge on any atom is -0.496 e. The molecule has 0 N–H and O–H groups in total. The largest absolute Gasteiger partial charge is 0.496 e. The molecule has 3 heterocycles. The molecule has 0 saturated carbocycles. The van der Waals surface area contributed by atoms with Crippen LogP contribution in [-0.4, -0.2) is 28.8 Å². The molecule has 11 heteroatoms. The highest BCUT2D eigenvalue weighted by molar-refractivity contribution is 7.18. The zero-order valence-corrected chi connectivity index (χ0v) is 21.5. The molecular weight excluding hydrogens is 531 g/mol. The number of imidazole rings is 1. The molecule has 39 heavy (non-hydrogen) atoms. The van der Waals surface area contributed by atoms with Crippen LogP contribution < -0.4 is 14.2 Å². The fourth-order valence-corrected chi connectivity index (χ4v) is 4.88. The van der Waals surface area contributed by atoms with E-state index in [0.717, 1.165) is 28.6 Å². The third-order valence-electron chi connectivity index (χ3n) is 6.13. The Morgan fingerprint density at radius 3 is 2.49 bits per heavy atom. The molecule has 0 atom stereocenters. The number of hydrogen-bond donors (Lipinski definition) is 0. The van der Waals surface area contributed by atoms with Gasteiger partial charge in [0.15, 0.2) is 5.76 Å². The van der Waals surface area contributed by atoms with Crippen LogP contribution in [0.25, 0.3) is 38.5 Å². The first-order valence-electron chi connectivity index (χ1n) is 11.7. The second-order valence-electron chi connectivity index (χ2n) is 8.64. The topological polar surface area (TPSA) is 71.0 Å². The van der Waals surface area contributed by atoms with Crippen LogP contribution in [0.4, 0.5) is 13.2 Å². The van der Waals surface area contributed by atoms with Gasteiger partial charge in [0, 0.05) is 12.1 Å². The van der Waals surface area contributed by atoms with Crippen LogP contribution >= 0.6 is 11.3 Å². The lowest BCUT2D eigenvalue weighted by molar-refractivity contribution is -0.137. The van der Waals surface area contributed by atoms with Gasteiger partial charge in [0.05, 0.1) is 31.4 Å². The number of furan rings is 1. The van der Waals surface area contributed by atoms with Gasteiger partial charge < -0.3 is 18.6 Å². The Balaban J connectivity index is 1.27. The molecule has 0 saturated heterocycles. The van der Waals surface area contributed by atoms with Crippen molar-refractivity contribution in [2.75, 3.05) is 14.2 Å². The van der Waals surface area contributed by atoms with Gasteiger partial charge in [-0.25, -0.2) is 9.50 Å². The van der Waals surface area contributed by atoms with Crippen molar-refractivity contribution >= 4 is 27.3 Å². The number of nitrogens with zero attached hydrogens (tertiary/aromatic N) is 3. The summed E-state index contributed by atoms with van der Waals surface area (Å²) in [5, 5.41) is 5.55. The quantitative estimate of drug-likeness (QED) is 0.205. The summed E-state index contributed by atoms with van der Waals surface area (Å²) in [5.74, 6) is 1.67. The molecule has 3 aromatic heterocycles. The number of fused-ring (bicyclic) bond motifs is 2. The first-order valence-corrected chi connectivity index (χ1v) is 12.5. The van der Waals surface area contributed by atoms with Gasteiger partial charge in [-0.15, -0.1) is 5.10 Å². The van der Waals surface area contributed by atoms with E-state index in [2.05, 4.69) is 10.1 Å². The number of halogens is 3. The molecule has 0 bridgehead atoms. The Labute approximate surface area is 224 Å². The minimum absolute atomic E-state index is 0.223. The Morgan fingerprint density at radius 2 is 1.77 bits per heavy atom. The standard InChI is InChI=1S/C28H20F3N3O4S/c1-35-20-11-23(21-13-25(38-24(21)12-20)22-14-34-26(32-22)39-27(33-34)36-2)37-15-16-4-3-5-18(10-16)17-6-8-19(9-7-17)28(29,30)31/h3-14H,15H2,1-2H3. The third-order valence-corrected chi connectivity index (χ3v) is 7.01. The van der Waals surface area contributed by atoms with Crippen molar-refractivity contribution in [1.29, 1.82) is 0 Å². The van der Waals surface area contributed by atoms with Gasteiger partial charge in [0.2, 0.25) is 4.96 Å². The lowest BCUT2D eigenvalue weighted by Crippen LogP contribution is -2.04. The average Bonchev–Trinajstić information content (AvgIpc) is 3.64. The average molecular weight is 552 g/mol. The monoisotopic (exact) mass is 551 g/mol. The lowest BCUT2D eigenvalue weighted by atomic mass is 10.0. The number of hydrogen-bond acceptors (Lipinski definition) is 7. The smallest absolute Gasteiger partial charge is 0.416 e. The number of alkyl halides is 3. The zero-order valence-electron chi connectivity index (χ0n) is 20.7. The summed E-state index contributed by atoms with van der Waals surface area (Å²) < 4.78 is 63.3. The number of rotatable bonds is 7. The Morgan fingerprint density at radius 1 is 0.949 bits per heavy atom. The fraction of sp³-hybridized carbons (Fsp3) is 0.143. The van der Waals surface area contributed by atoms with Gasteiger partial charge in [-0.3, -0.25) is 0 Å². The van der Waals surface area contributed by atoms with E-state index in [1.807, 2.05) is 30.3 Å². The predicted octanol–water partition coefficient (Wildman–Crippen LogP) is 7.49. The summed E-state index contributed by atoms with van der Waals surface area (Å²) in [4.78, 5) is 5.25.